The van der Waals surface area contributed by atoms with Crippen LogP contribution in [0, 0.1) is 0 Å². The minimum Gasteiger partial charge on any atom is -0.499 e. The van der Waals surface area contributed by atoms with E-state index in [0.29, 0.717) is 11.1 Å². The predicted octanol–water partition coefficient (Wildman–Crippen LogP) is 1.86. The Bertz CT molecular complexity index is 1040. The smallest absolute Gasteiger partial charge is 0.338 e. The summed E-state index contributed by atoms with van der Waals surface area (Å²) in [4.78, 5) is 37.9. The zero-order chi connectivity index (χ0) is 28.4. The minimum absolute atomic E-state index is 0.00329. The molecule has 3 rings (SSSR count). The van der Waals surface area contributed by atoms with Crippen LogP contribution in [0.4, 0.5) is 0 Å². The van der Waals surface area contributed by atoms with Crippen molar-refractivity contribution in [1.82, 2.24) is 5.32 Å². The molecule has 11 heteroatoms. The molecule has 1 heterocycles. The maximum Gasteiger partial charge on any atom is 0.338 e. The lowest BCUT2D eigenvalue weighted by Crippen LogP contribution is -2.45. The lowest BCUT2D eigenvalue weighted by atomic mass is 9.91. The third-order valence-electron chi connectivity index (χ3n) is 5.93. The van der Waals surface area contributed by atoms with Gasteiger partial charge in [0.25, 0.3) is 0 Å². The summed E-state index contributed by atoms with van der Waals surface area (Å²) < 4.78 is 27.3. The number of rotatable bonds is 12. The zero-order valence-electron chi connectivity index (χ0n) is 22.5. The molecule has 1 amide bonds. The maximum atomic E-state index is 13.0. The second-order valence-corrected chi connectivity index (χ2v) is 10.2. The van der Waals surface area contributed by atoms with E-state index in [-0.39, 0.29) is 45.9 Å². The molecule has 11 nitrogen and oxygen atoms in total. The highest BCUT2D eigenvalue weighted by Crippen LogP contribution is 2.31. The summed E-state index contributed by atoms with van der Waals surface area (Å²) in [5.74, 6) is -1.45. The van der Waals surface area contributed by atoms with E-state index in [2.05, 4.69) is 5.32 Å². The van der Waals surface area contributed by atoms with Gasteiger partial charge in [-0.3, -0.25) is 9.59 Å². The average molecular weight is 548 g/mol. The molecule has 1 aliphatic carbocycles. The molecule has 0 radical (unpaired) electrons. The number of aliphatic hydroxyl groups excluding tert-OH is 2. The van der Waals surface area contributed by atoms with E-state index in [9.17, 15) is 19.5 Å². The van der Waals surface area contributed by atoms with Gasteiger partial charge in [0.05, 0.1) is 31.1 Å². The molecule has 0 saturated carbocycles. The van der Waals surface area contributed by atoms with Crippen LogP contribution in [0.2, 0.25) is 0 Å². The van der Waals surface area contributed by atoms with Gasteiger partial charge in [0.1, 0.15) is 37.3 Å². The van der Waals surface area contributed by atoms with Crippen molar-refractivity contribution in [3.8, 4) is 0 Å². The number of carbonyl (C=O) groups excluding carboxylic acids is 3. The van der Waals surface area contributed by atoms with Crippen LogP contribution < -0.4 is 5.32 Å². The third-order valence-corrected chi connectivity index (χ3v) is 5.93. The molecule has 3 N–H and O–H groups in total. The number of esters is 2. The summed E-state index contributed by atoms with van der Waals surface area (Å²) in [6.07, 6.45) is 3.23. The topological polar surface area (TPSA) is 150 Å². The van der Waals surface area contributed by atoms with Crippen LogP contribution in [-0.2, 0) is 33.3 Å². The highest BCUT2D eigenvalue weighted by molar-refractivity contribution is 5.94. The number of ether oxygens (including phenoxy) is 5. The van der Waals surface area contributed by atoms with Crippen LogP contribution in [-0.4, -0.2) is 84.6 Å². The molecule has 1 aromatic carbocycles. The number of hydrogen-bond acceptors (Lipinski definition) is 10. The van der Waals surface area contributed by atoms with Crippen LogP contribution in [0.1, 0.15) is 56.0 Å². The van der Waals surface area contributed by atoms with Gasteiger partial charge in [-0.15, -0.1) is 0 Å². The van der Waals surface area contributed by atoms with Crippen molar-refractivity contribution in [1.29, 1.82) is 0 Å². The van der Waals surface area contributed by atoms with Crippen molar-refractivity contribution in [3.05, 3.63) is 53.3 Å². The van der Waals surface area contributed by atoms with E-state index in [1.54, 1.807) is 57.2 Å². The Balaban J connectivity index is 1.59. The van der Waals surface area contributed by atoms with E-state index in [1.165, 1.54) is 6.26 Å². The minimum atomic E-state index is -0.767. The van der Waals surface area contributed by atoms with Gasteiger partial charge in [-0.1, -0.05) is 12.1 Å². The lowest BCUT2D eigenvalue weighted by molar-refractivity contribution is -0.155. The molecule has 0 aromatic heterocycles. The quantitative estimate of drug-likeness (QED) is 0.201. The van der Waals surface area contributed by atoms with Crippen molar-refractivity contribution in [3.63, 3.8) is 0 Å². The fraction of sp³-hybridized carbons (Fsp3) is 0.536. The predicted molar refractivity (Wildman–Crippen MR) is 139 cm³/mol. The van der Waals surface area contributed by atoms with Gasteiger partial charge in [-0.2, -0.15) is 0 Å². The zero-order valence-corrected chi connectivity index (χ0v) is 22.5. The molecule has 0 spiro atoms. The second-order valence-electron chi connectivity index (χ2n) is 10.2. The Morgan fingerprint density at radius 3 is 2.56 bits per heavy atom. The highest BCUT2D eigenvalue weighted by atomic mass is 16.7. The van der Waals surface area contributed by atoms with E-state index in [4.69, 9.17) is 28.8 Å². The standard InChI is InChI=1S/C28H37NO10/c1-28(2,3)39-24(32)9-8-21(16-31)29-26(33)20-14-22-25(37-17-36-22)23(15-20)38-27(34)19-6-4-18(5-7-19)10-12-35-13-11-30/h4-7,10,12,14,21-23,25,30-31H,8-9,11,13,15-17H2,1-3H3,(H,29,33). The van der Waals surface area contributed by atoms with Crippen LogP contribution in [0.25, 0.3) is 6.08 Å². The van der Waals surface area contributed by atoms with Gasteiger partial charge in [-0.25, -0.2) is 4.79 Å². The van der Waals surface area contributed by atoms with Gasteiger partial charge in [0, 0.05) is 18.4 Å². The Morgan fingerprint density at radius 1 is 1.15 bits per heavy atom. The Hall–Kier alpha value is -3.25. The van der Waals surface area contributed by atoms with E-state index < -0.39 is 47.8 Å². The number of hydrogen-bond donors (Lipinski definition) is 3. The monoisotopic (exact) mass is 547 g/mol. The average Bonchev–Trinajstić information content (AvgIpc) is 3.37. The molecule has 0 bridgehead atoms. The first-order valence-electron chi connectivity index (χ1n) is 12.9. The van der Waals surface area contributed by atoms with Gasteiger partial charge in [-0.05, 0) is 57.0 Å². The number of amides is 1. The van der Waals surface area contributed by atoms with E-state index in [0.717, 1.165) is 5.56 Å². The second kappa shape index (κ2) is 14.2. The van der Waals surface area contributed by atoms with E-state index in [1.807, 2.05) is 0 Å². The molecule has 1 saturated heterocycles. The van der Waals surface area contributed by atoms with Crippen molar-refractivity contribution < 1.29 is 48.3 Å². The third kappa shape index (κ3) is 9.47. The molecular weight excluding hydrogens is 510 g/mol. The summed E-state index contributed by atoms with van der Waals surface area (Å²) in [5, 5.41) is 21.2. The summed E-state index contributed by atoms with van der Waals surface area (Å²) >= 11 is 0. The van der Waals surface area contributed by atoms with Gasteiger partial charge in [0.2, 0.25) is 5.91 Å². The molecule has 1 aliphatic heterocycles. The SMILES string of the molecule is CC(C)(C)OC(=O)CCC(CO)NC(=O)C1=CC2OCOC2C(OC(=O)c2ccc(C=COCCO)cc2)C1. The first-order chi connectivity index (χ1) is 18.6. The maximum absolute atomic E-state index is 13.0. The van der Waals surface area contributed by atoms with Crippen molar-refractivity contribution in [2.24, 2.45) is 0 Å². The van der Waals surface area contributed by atoms with Gasteiger partial charge in [0.15, 0.2) is 0 Å². The van der Waals surface area contributed by atoms with Crippen molar-refractivity contribution >= 4 is 23.9 Å². The molecule has 39 heavy (non-hydrogen) atoms. The molecule has 2 aliphatic rings. The van der Waals surface area contributed by atoms with Crippen LogP contribution in [0.15, 0.2) is 42.2 Å². The van der Waals surface area contributed by atoms with E-state index >= 15 is 0 Å². The summed E-state index contributed by atoms with van der Waals surface area (Å²) in [6.45, 7) is 5.05. The normalized spacial score (nSPS) is 21.6. The molecule has 4 unspecified atom stereocenters. The Morgan fingerprint density at radius 2 is 1.90 bits per heavy atom. The number of aliphatic hydroxyl groups is 2. The Labute approximate surface area is 227 Å². The van der Waals surface area contributed by atoms with Gasteiger partial charge >= 0.3 is 11.9 Å². The lowest BCUT2D eigenvalue weighted by Gasteiger charge is -2.30. The highest BCUT2D eigenvalue weighted by Gasteiger charge is 2.42. The first kappa shape index (κ1) is 30.3. The first-order valence-corrected chi connectivity index (χ1v) is 12.9. The number of nitrogens with one attached hydrogen (secondary N) is 1. The number of fused-ring (bicyclic) bond motifs is 1. The van der Waals surface area contributed by atoms with Crippen LogP contribution in [0.5, 0.6) is 0 Å². The van der Waals surface area contributed by atoms with Crippen LogP contribution in [0.3, 0.4) is 0 Å². The summed E-state index contributed by atoms with van der Waals surface area (Å²) in [6, 6.07) is 6.01. The fourth-order valence-corrected chi connectivity index (χ4v) is 4.08. The molecule has 4 atom stereocenters. The molecular formula is C28H37NO10. The number of carbonyl (C=O) groups is 3. The van der Waals surface area contributed by atoms with Crippen LogP contribution >= 0.6 is 0 Å². The number of benzene rings is 1. The molecule has 1 fully saturated rings. The van der Waals surface area contributed by atoms with Crippen molar-refractivity contribution in [2.45, 2.75) is 70.0 Å². The van der Waals surface area contributed by atoms with Gasteiger partial charge < -0.3 is 39.2 Å². The Kier molecular flexibility index (Phi) is 11.0. The molecule has 214 valence electrons. The molecule has 1 aromatic rings. The largest absolute Gasteiger partial charge is 0.499 e. The van der Waals surface area contributed by atoms with Crippen molar-refractivity contribution in [2.75, 3.05) is 26.6 Å². The fourth-order valence-electron chi connectivity index (χ4n) is 4.08. The summed E-state index contributed by atoms with van der Waals surface area (Å²) in [7, 11) is 0. The summed E-state index contributed by atoms with van der Waals surface area (Å²) in [5.41, 5.74) is 0.825.